The number of anilines is 1. The number of nitrogens with zero attached hydrogens (tertiary/aromatic N) is 3. The summed E-state index contributed by atoms with van der Waals surface area (Å²) in [6.07, 6.45) is 6.15. The van der Waals surface area contributed by atoms with Gasteiger partial charge in [-0.25, -0.2) is 0 Å². The van der Waals surface area contributed by atoms with Crippen LogP contribution in [0.25, 0.3) is 0 Å². The Hall–Kier alpha value is -3.21. The summed E-state index contributed by atoms with van der Waals surface area (Å²) in [6.45, 7) is 2.03. The molecule has 3 heterocycles. The van der Waals surface area contributed by atoms with Crippen molar-refractivity contribution in [1.29, 1.82) is 0 Å². The molecule has 2 aromatic heterocycles. The molecule has 0 atom stereocenters. The number of amides is 1. The first-order chi connectivity index (χ1) is 12.8. The van der Waals surface area contributed by atoms with Gasteiger partial charge in [0.05, 0.1) is 0 Å². The van der Waals surface area contributed by atoms with Gasteiger partial charge >= 0.3 is 0 Å². The number of carbonyl (C=O) groups is 1. The quantitative estimate of drug-likeness (QED) is 0.789. The van der Waals surface area contributed by atoms with Crippen LogP contribution < -0.4 is 5.32 Å². The zero-order valence-corrected chi connectivity index (χ0v) is 14.4. The minimum absolute atomic E-state index is 0.0236. The van der Waals surface area contributed by atoms with Gasteiger partial charge in [-0.1, -0.05) is 30.3 Å². The van der Waals surface area contributed by atoms with E-state index in [4.69, 9.17) is 0 Å². The molecule has 0 saturated heterocycles. The summed E-state index contributed by atoms with van der Waals surface area (Å²) < 4.78 is 0. The molecule has 0 radical (unpaired) electrons. The third-order valence-electron chi connectivity index (χ3n) is 4.62. The standard InChI is InChI=1S/C21H20N4O/c26-21(25-11-8-17-5-1-2-6-18(17)15-25)20-12-19(7-10-23-20)24-14-16-4-3-9-22-13-16/h1-7,9-10,12-13H,8,11,14-15H2,(H,23,24). The second-order valence-corrected chi connectivity index (χ2v) is 6.39. The smallest absolute Gasteiger partial charge is 0.272 e. The first kappa shape index (κ1) is 16.3. The average molecular weight is 344 g/mol. The fourth-order valence-corrected chi connectivity index (χ4v) is 3.20. The predicted octanol–water partition coefficient (Wildman–Crippen LogP) is 3.29. The second-order valence-electron chi connectivity index (χ2n) is 6.39. The number of carbonyl (C=O) groups excluding carboxylic acids is 1. The van der Waals surface area contributed by atoms with Gasteiger partial charge in [0.15, 0.2) is 0 Å². The molecule has 1 aromatic carbocycles. The van der Waals surface area contributed by atoms with Crippen molar-refractivity contribution < 1.29 is 4.79 Å². The second kappa shape index (κ2) is 7.35. The highest BCUT2D eigenvalue weighted by Crippen LogP contribution is 2.20. The number of rotatable bonds is 4. The van der Waals surface area contributed by atoms with Crippen LogP contribution >= 0.6 is 0 Å². The van der Waals surface area contributed by atoms with Crippen molar-refractivity contribution in [2.45, 2.75) is 19.5 Å². The van der Waals surface area contributed by atoms with Gasteiger partial charge in [-0.15, -0.1) is 0 Å². The van der Waals surface area contributed by atoms with Gasteiger partial charge in [-0.2, -0.15) is 0 Å². The molecular weight excluding hydrogens is 324 g/mol. The lowest BCUT2D eigenvalue weighted by Gasteiger charge is -2.28. The van der Waals surface area contributed by atoms with Gasteiger partial charge in [-0.05, 0) is 41.3 Å². The fourth-order valence-electron chi connectivity index (χ4n) is 3.20. The van der Waals surface area contributed by atoms with E-state index in [9.17, 15) is 4.79 Å². The van der Waals surface area contributed by atoms with Crippen molar-refractivity contribution in [3.05, 3.63) is 89.5 Å². The SMILES string of the molecule is O=C(c1cc(NCc2cccnc2)ccn1)N1CCc2ccccc2C1. The predicted molar refractivity (Wildman–Crippen MR) is 101 cm³/mol. The summed E-state index contributed by atoms with van der Waals surface area (Å²) in [5, 5.41) is 3.32. The van der Waals surface area contributed by atoms with Crippen LogP contribution in [0.1, 0.15) is 27.2 Å². The molecule has 0 bridgehead atoms. The molecule has 130 valence electrons. The average Bonchev–Trinajstić information content (AvgIpc) is 2.72. The third-order valence-corrected chi connectivity index (χ3v) is 4.62. The molecule has 1 aliphatic heterocycles. The Bertz CT molecular complexity index is 911. The Balaban J connectivity index is 1.45. The molecule has 5 heteroatoms. The van der Waals surface area contributed by atoms with Crippen LogP contribution in [0.15, 0.2) is 67.1 Å². The van der Waals surface area contributed by atoms with Gasteiger partial charge in [0, 0.05) is 43.9 Å². The van der Waals surface area contributed by atoms with Crippen molar-refractivity contribution in [3.63, 3.8) is 0 Å². The summed E-state index contributed by atoms with van der Waals surface area (Å²) in [5.41, 5.74) is 4.99. The van der Waals surface area contributed by atoms with E-state index in [1.165, 1.54) is 11.1 Å². The van der Waals surface area contributed by atoms with Crippen molar-refractivity contribution in [1.82, 2.24) is 14.9 Å². The Morgan fingerprint density at radius 1 is 1.08 bits per heavy atom. The molecule has 1 N–H and O–H groups in total. The van der Waals surface area contributed by atoms with Crippen LogP contribution in [0.2, 0.25) is 0 Å². The largest absolute Gasteiger partial charge is 0.381 e. The minimum atomic E-state index is -0.0236. The maximum Gasteiger partial charge on any atom is 0.272 e. The Kier molecular flexibility index (Phi) is 4.60. The number of nitrogens with one attached hydrogen (secondary N) is 1. The van der Waals surface area contributed by atoms with Crippen molar-refractivity contribution in [3.8, 4) is 0 Å². The van der Waals surface area contributed by atoms with Crippen molar-refractivity contribution in [2.75, 3.05) is 11.9 Å². The lowest BCUT2D eigenvalue weighted by molar-refractivity contribution is 0.0729. The normalized spacial score (nSPS) is 13.2. The summed E-state index contributed by atoms with van der Waals surface area (Å²) >= 11 is 0. The first-order valence-corrected chi connectivity index (χ1v) is 8.74. The maximum absolute atomic E-state index is 12.9. The van der Waals surface area contributed by atoms with Crippen LogP contribution in [0, 0.1) is 0 Å². The van der Waals surface area contributed by atoms with E-state index in [0.29, 0.717) is 18.8 Å². The number of hydrogen-bond acceptors (Lipinski definition) is 4. The van der Waals surface area contributed by atoms with Crippen LogP contribution in [0.3, 0.4) is 0 Å². The lowest BCUT2D eigenvalue weighted by Crippen LogP contribution is -2.36. The number of pyridine rings is 2. The lowest BCUT2D eigenvalue weighted by atomic mass is 10.00. The van der Waals surface area contributed by atoms with Gasteiger partial charge in [-0.3, -0.25) is 14.8 Å². The van der Waals surface area contributed by atoms with E-state index >= 15 is 0 Å². The molecule has 1 amide bonds. The molecule has 0 aliphatic carbocycles. The number of aromatic nitrogens is 2. The van der Waals surface area contributed by atoms with E-state index in [0.717, 1.165) is 24.2 Å². The highest BCUT2D eigenvalue weighted by molar-refractivity contribution is 5.93. The molecule has 0 saturated carbocycles. The Labute approximate surface area is 152 Å². The maximum atomic E-state index is 12.9. The molecule has 3 aromatic rings. The van der Waals surface area contributed by atoms with Gasteiger partial charge in [0.2, 0.25) is 0 Å². The summed E-state index contributed by atoms with van der Waals surface area (Å²) in [4.78, 5) is 23.1. The van der Waals surface area contributed by atoms with E-state index in [1.54, 1.807) is 12.4 Å². The summed E-state index contributed by atoms with van der Waals surface area (Å²) in [6, 6.07) is 15.9. The zero-order chi connectivity index (χ0) is 17.8. The van der Waals surface area contributed by atoms with Crippen molar-refractivity contribution >= 4 is 11.6 Å². The molecule has 4 rings (SSSR count). The summed E-state index contributed by atoms with van der Waals surface area (Å²) in [7, 11) is 0. The zero-order valence-electron chi connectivity index (χ0n) is 14.4. The van der Waals surface area contributed by atoms with Gasteiger partial charge in [0.1, 0.15) is 5.69 Å². The molecule has 26 heavy (non-hydrogen) atoms. The van der Waals surface area contributed by atoms with Crippen LogP contribution in [0.4, 0.5) is 5.69 Å². The monoisotopic (exact) mass is 344 g/mol. The molecule has 0 fully saturated rings. The van der Waals surface area contributed by atoms with E-state index in [-0.39, 0.29) is 5.91 Å². The molecule has 0 spiro atoms. The van der Waals surface area contributed by atoms with Crippen LogP contribution in [-0.2, 0) is 19.5 Å². The Morgan fingerprint density at radius 3 is 2.81 bits per heavy atom. The van der Waals surface area contributed by atoms with E-state index in [2.05, 4.69) is 33.5 Å². The summed E-state index contributed by atoms with van der Waals surface area (Å²) in [5.74, 6) is -0.0236. The van der Waals surface area contributed by atoms with E-state index in [1.807, 2.05) is 41.4 Å². The number of fused-ring (bicyclic) bond motifs is 1. The third kappa shape index (κ3) is 3.57. The van der Waals surface area contributed by atoms with Crippen molar-refractivity contribution in [2.24, 2.45) is 0 Å². The van der Waals surface area contributed by atoms with E-state index < -0.39 is 0 Å². The highest BCUT2D eigenvalue weighted by Gasteiger charge is 2.22. The van der Waals surface area contributed by atoms with Gasteiger partial charge in [0.25, 0.3) is 5.91 Å². The van der Waals surface area contributed by atoms with Crippen LogP contribution in [0.5, 0.6) is 0 Å². The Morgan fingerprint density at radius 2 is 1.96 bits per heavy atom. The van der Waals surface area contributed by atoms with Gasteiger partial charge < -0.3 is 10.2 Å². The topological polar surface area (TPSA) is 58.1 Å². The fraction of sp³-hybridized carbons (Fsp3) is 0.190. The molecular formula is C21H20N4O. The molecule has 1 aliphatic rings. The molecule has 0 unspecified atom stereocenters. The first-order valence-electron chi connectivity index (χ1n) is 8.74. The number of hydrogen-bond donors (Lipinski definition) is 1. The minimum Gasteiger partial charge on any atom is -0.381 e. The number of benzene rings is 1. The highest BCUT2D eigenvalue weighted by atomic mass is 16.2. The van der Waals surface area contributed by atoms with Crippen LogP contribution in [-0.4, -0.2) is 27.3 Å². The molecule has 5 nitrogen and oxygen atoms in total.